The summed E-state index contributed by atoms with van der Waals surface area (Å²) in [5.41, 5.74) is 1.33. The number of aromatic nitrogens is 1. The quantitative estimate of drug-likeness (QED) is 0.848. The van der Waals surface area contributed by atoms with Crippen LogP contribution in [0.25, 0.3) is 10.9 Å². The number of fused-ring (bicyclic) bond motifs is 1. The van der Waals surface area contributed by atoms with E-state index in [2.05, 4.69) is 10.3 Å². The molecule has 1 fully saturated rings. The van der Waals surface area contributed by atoms with Crippen molar-refractivity contribution in [2.45, 2.75) is 31.7 Å². The van der Waals surface area contributed by atoms with E-state index in [1.54, 1.807) is 6.20 Å². The number of para-hydroxylation sites is 1. The van der Waals surface area contributed by atoms with Crippen molar-refractivity contribution in [3.63, 3.8) is 0 Å². The normalized spacial score (nSPS) is 15.2. The second-order valence-corrected chi connectivity index (χ2v) is 5.37. The molecule has 5 nitrogen and oxygen atoms in total. The summed E-state index contributed by atoms with van der Waals surface area (Å²) in [7, 11) is 0. The number of benzene rings is 1. The lowest BCUT2D eigenvalue weighted by atomic mass is 10.2. The predicted octanol–water partition coefficient (Wildman–Crippen LogP) is 2.38. The highest BCUT2D eigenvalue weighted by atomic mass is 16.5. The molecule has 0 bridgehead atoms. The maximum Gasteiger partial charge on any atom is 0.340 e. The SMILES string of the molecule is O=C(COC(=O)c1c[nH]c2ccccc12)NC1CCCC1. The summed E-state index contributed by atoms with van der Waals surface area (Å²) in [6, 6.07) is 7.73. The van der Waals surface area contributed by atoms with Crippen LogP contribution in [0.4, 0.5) is 0 Å². The molecule has 0 aliphatic heterocycles. The third-order valence-corrected chi connectivity index (χ3v) is 3.86. The molecule has 1 heterocycles. The second kappa shape index (κ2) is 5.99. The van der Waals surface area contributed by atoms with Gasteiger partial charge in [0.15, 0.2) is 6.61 Å². The Kier molecular flexibility index (Phi) is 3.90. The van der Waals surface area contributed by atoms with Gasteiger partial charge in [-0.2, -0.15) is 0 Å². The zero-order valence-electron chi connectivity index (χ0n) is 11.7. The fourth-order valence-electron chi connectivity index (χ4n) is 2.79. The molecule has 5 heteroatoms. The number of carbonyl (C=O) groups excluding carboxylic acids is 2. The maximum absolute atomic E-state index is 12.0. The van der Waals surface area contributed by atoms with Crippen LogP contribution in [-0.2, 0) is 9.53 Å². The summed E-state index contributed by atoms with van der Waals surface area (Å²) in [6.45, 7) is -0.227. The zero-order chi connectivity index (χ0) is 14.7. The van der Waals surface area contributed by atoms with Crippen LogP contribution >= 0.6 is 0 Å². The molecule has 0 saturated heterocycles. The van der Waals surface area contributed by atoms with Crippen molar-refractivity contribution >= 4 is 22.8 Å². The Bertz CT molecular complexity index is 656. The van der Waals surface area contributed by atoms with E-state index < -0.39 is 5.97 Å². The minimum atomic E-state index is -0.478. The molecule has 2 N–H and O–H groups in total. The van der Waals surface area contributed by atoms with Crippen molar-refractivity contribution in [2.75, 3.05) is 6.61 Å². The van der Waals surface area contributed by atoms with Crippen LogP contribution in [0.2, 0.25) is 0 Å². The highest BCUT2D eigenvalue weighted by Crippen LogP contribution is 2.19. The van der Waals surface area contributed by atoms with Crippen LogP contribution in [-0.4, -0.2) is 29.5 Å². The summed E-state index contributed by atoms with van der Waals surface area (Å²) < 4.78 is 5.10. The fourth-order valence-corrected chi connectivity index (χ4v) is 2.79. The van der Waals surface area contributed by atoms with Crippen LogP contribution in [0.3, 0.4) is 0 Å². The Morgan fingerprint density at radius 2 is 2.00 bits per heavy atom. The van der Waals surface area contributed by atoms with E-state index >= 15 is 0 Å². The zero-order valence-corrected chi connectivity index (χ0v) is 11.7. The van der Waals surface area contributed by atoms with Crippen molar-refractivity contribution in [1.29, 1.82) is 0 Å². The van der Waals surface area contributed by atoms with Crippen LogP contribution in [0, 0.1) is 0 Å². The first kappa shape index (κ1) is 13.7. The van der Waals surface area contributed by atoms with Gasteiger partial charge in [0.05, 0.1) is 5.56 Å². The highest BCUT2D eigenvalue weighted by Gasteiger charge is 2.19. The van der Waals surface area contributed by atoms with Crippen molar-refractivity contribution in [2.24, 2.45) is 0 Å². The minimum Gasteiger partial charge on any atom is -0.452 e. The molecule has 0 atom stereocenters. The summed E-state index contributed by atoms with van der Waals surface area (Å²) >= 11 is 0. The highest BCUT2D eigenvalue weighted by molar-refractivity contribution is 6.04. The molecule has 1 aromatic heterocycles. The average Bonchev–Trinajstić information content (AvgIpc) is 3.13. The lowest BCUT2D eigenvalue weighted by Gasteiger charge is -2.11. The molecule has 1 aliphatic carbocycles. The average molecular weight is 286 g/mol. The number of aromatic amines is 1. The van der Waals surface area contributed by atoms with Gasteiger partial charge in [0, 0.05) is 23.1 Å². The Balaban J connectivity index is 1.57. The number of nitrogens with one attached hydrogen (secondary N) is 2. The molecule has 3 rings (SSSR count). The van der Waals surface area contributed by atoms with Crippen LogP contribution < -0.4 is 5.32 Å². The first-order valence-electron chi connectivity index (χ1n) is 7.26. The molecule has 1 aromatic carbocycles. The Morgan fingerprint density at radius 3 is 2.81 bits per heavy atom. The second-order valence-electron chi connectivity index (χ2n) is 5.37. The molecular weight excluding hydrogens is 268 g/mol. The van der Waals surface area contributed by atoms with Crippen LogP contribution in [0.5, 0.6) is 0 Å². The van der Waals surface area contributed by atoms with Crippen molar-refractivity contribution in [3.05, 3.63) is 36.0 Å². The van der Waals surface area contributed by atoms with E-state index in [0.29, 0.717) is 5.56 Å². The molecule has 1 amide bonds. The molecular formula is C16H18N2O3. The predicted molar refractivity (Wildman–Crippen MR) is 79.0 cm³/mol. The lowest BCUT2D eigenvalue weighted by molar-refractivity contribution is -0.124. The third-order valence-electron chi connectivity index (χ3n) is 3.86. The number of hydrogen-bond acceptors (Lipinski definition) is 3. The number of rotatable bonds is 4. The molecule has 1 saturated carbocycles. The lowest BCUT2D eigenvalue weighted by Crippen LogP contribution is -2.35. The van der Waals surface area contributed by atoms with Gasteiger partial charge in [-0.1, -0.05) is 31.0 Å². The van der Waals surface area contributed by atoms with E-state index in [1.165, 1.54) is 0 Å². The van der Waals surface area contributed by atoms with Gasteiger partial charge in [0.1, 0.15) is 0 Å². The Labute approximate surface area is 122 Å². The van der Waals surface area contributed by atoms with Gasteiger partial charge < -0.3 is 15.0 Å². The van der Waals surface area contributed by atoms with Crippen LogP contribution in [0.1, 0.15) is 36.0 Å². The van der Waals surface area contributed by atoms with Crippen LogP contribution in [0.15, 0.2) is 30.5 Å². The monoisotopic (exact) mass is 286 g/mol. The molecule has 2 aromatic rings. The maximum atomic E-state index is 12.0. The third kappa shape index (κ3) is 3.07. The van der Waals surface area contributed by atoms with Gasteiger partial charge in [-0.25, -0.2) is 4.79 Å². The van der Waals surface area contributed by atoms with E-state index in [4.69, 9.17) is 4.74 Å². The van der Waals surface area contributed by atoms with Gasteiger partial charge in [-0.05, 0) is 18.9 Å². The van der Waals surface area contributed by atoms with Gasteiger partial charge in [-0.3, -0.25) is 4.79 Å². The first-order chi connectivity index (χ1) is 10.2. The minimum absolute atomic E-state index is 0.227. The van der Waals surface area contributed by atoms with Gasteiger partial charge in [-0.15, -0.1) is 0 Å². The molecule has 0 spiro atoms. The van der Waals surface area contributed by atoms with Crippen molar-refractivity contribution in [3.8, 4) is 0 Å². The molecule has 110 valence electrons. The summed E-state index contributed by atoms with van der Waals surface area (Å²) in [5.74, 6) is -0.705. The Morgan fingerprint density at radius 1 is 1.24 bits per heavy atom. The van der Waals surface area contributed by atoms with Gasteiger partial charge in [0.2, 0.25) is 0 Å². The Hall–Kier alpha value is -2.30. The number of H-pyrrole nitrogens is 1. The summed E-state index contributed by atoms with van der Waals surface area (Å²) in [6.07, 6.45) is 5.95. The number of carbonyl (C=O) groups is 2. The van der Waals surface area contributed by atoms with Gasteiger partial charge in [0.25, 0.3) is 5.91 Å². The summed E-state index contributed by atoms with van der Waals surface area (Å²) in [4.78, 5) is 26.8. The van der Waals surface area contributed by atoms with E-state index in [9.17, 15) is 9.59 Å². The van der Waals surface area contributed by atoms with E-state index in [-0.39, 0.29) is 18.6 Å². The van der Waals surface area contributed by atoms with Crippen molar-refractivity contribution < 1.29 is 14.3 Å². The first-order valence-corrected chi connectivity index (χ1v) is 7.26. The number of ether oxygens (including phenoxy) is 1. The molecule has 1 aliphatic rings. The molecule has 21 heavy (non-hydrogen) atoms. The number of amides is 1. The van der Waals surface area contributed by atoms with Crippen molar-refractivity contribution in [1.82, 2.24) is 10.3 Å². The smallest absolute Gasteiger partial charge is 0.340 e. The number of hydrogen-bond donors (Lipinski definition) is 2. The standard InChI is InChI=1S/C16H18N2O3/c19-15(18-11-5-1-2-6-11)10-21-16(20)13-9-17-14-8-4-3-7-12(13)14/h3-4,7-9,11,17H,1-2,5-6,10H2,(H,18,19). The molecule has 0 radical (unpaired) electrons. The van der Waals surface area contributed by atoms with E-state index in [0.717, 1.165) is 36.6 Å². The van der Waals surface area contributed by atoms with E-state index in [1.807, 2.05) is 24.3 Å². The fraction of sp³-hybridized carbons (Fsp3) is 0.375. The van der Waals surface area contributed by atoms with Gasteiger partial charge >= 0.3 is 5.97 Å². The topological polar surface area (TPSA) is 71.2 Å². The largest absolute Gasteiger partial charge is 0.452 e. The molecule has 0 unspecified atom stereocenters. The number of esters is 1. The summed E-state index contributed by atoms with van der Waals surface area (Å²) in [5, 5.41) is 3.70.